The summed E-state index contributed by atoms with van der Waals surface area (Å²) in [5, 5.41) is 1.99. The van der Waals surface area contributed by atoms with Gasteiger partial charge < -0.3 is 0 Å². The van der Waals surface area contributed by atoms with E-state index in [1.54, 1.807) is 0 Å². The molecule has 0 aromatic carbocycles. The van der Waals surface area contributed by atoms with Crippen molar-refractivity contribution in [2.24, 2.45) is 11.8 Å². The van der Waals surface area contributed by atoms with Crippen LogP contribution in [0.4, 0.5) is 0 Å². The Labute approximate surface area is 124 Å². The second-order valence-corrected chi connectivity index (χ2v) is 6.89. The van der Waals surface area contributed by atoms with Gasteiger partial charge in [-0.25, -0.2) is 5.84 Å². The van der Waals surface area contributed by atoms with Crippen LogP contribution >= 0.6 is 11.3 Å². The van der Waals surface area contributed by atoms with Crippen LogP contribution in [0.15, 0.2) is 11.4 Å². The van der Waals surface area contributed by atoms with Gasteiger partial charge in [0.2, 0.25) is 0 Å². The molecule has 1 aromatic rings. The van der Waals surface area contributed by atoms with Gasteiger partial charge in [-0.15, -0.1) is 11.3 Å². The Balaban J connectivity index is 1.70. The number of hydrogen-bond donors (Lipinski definition) is 2. The molecule has 0 radical (unpaired) electrons. The fourth-order valence-corrected chi connectivity index (χ4v) is 4.69. The molecule has 1 aliphatic carbocycles. The summed E-state index contributed by atoms with van der Waals surface area (Å²) < 4.78 is 0. The standard InChI is InChI=1S/C15H23N3OS/c16-17-15(19)14-12(7-9-20-14)10-18-8-3-6-13(18)11-4-1-2-5-11/h7,9,11,13H,1-6,8,10,16H2,(H,17,19). The minimum atomic E-state index is -0.161. The lowest BCUT2D eigenvalue weighted by atomic mass is 9.96. The van der Waals surface area contributed by atoms with Gasteiger partial charge in [-0.2, -0.15) is 0 Å². The number of carbonyl (C=O) groups is 1. The molecule has 3 rings (SSSR count). The third kappa shape index (κ3) is 2.75. The number of nitrogen functional groups attached to an aromatic ring is 1. The molecule has 20 heavy (non-hydrogen) atoms. The first-order valence-corrected chi connectivity index (χ1v) is 8.49. The zero-order chi connectivity index (χ0) is 13.9. The zero-order valence-corrected chi connectivity index (χ0v) is 12.6. The molecule has 1 aromatic heterocycles. The Bertz CT molecular complexity index is 467. The quantitative estimate of drug-likeness (QED) is 0.509. The topological polar surface area (TPSA) is 58.4 Å². The Morgan fingerprint density at radius 1 is 1.35 bits per heavy atom. The molecule has 1 amide bonds. The minimum Gasteiger partial charge on any atom is -0.296 e. The van der Waals surface area contributed by atoms with E-state index in [2.05, 4.69) is 16.4 Å². The monoisotopic (exact) mass is 293 g/mol. The molecule has 4 nitrogen and oxygen atoms in total. The molecule has 2 aliphatic rings. The highest BCUT2D eigenvalue weighted by Crippen LogP contribution is 2.36. The van der Waals surface area contributed by atoms with Crippen LogP contribution in [0.5, 0.6) is 0 Å². The number of hydrogen-bond acceptors (Lipinski definition) is 4. The lowest BCUT2D eigenvalue weighted by Crippen LogP contribution is -2.35. The Kier molecular flexibility index (Phi) is 4.38. The average Bonchev–Trinajstić information content (AvgIpc) is 3.19. The molecule has 110 valence electrons. The number of nitrogens with two attached hydrogens (primary N) is 1. The summed E-state index contributed by atoms with van der Waals surface area (Å²) in [5.74, 6) is 5.98. The van der Waals surface area contributed by atoms with Crippen molar-refractivity contribution in [2.75, 3.05) is 6.54 Å². The van der Waals surface area contributed by atoms with Gasteiger partial charge in [-0.05, 0) is 55.2 Å². The van der Waals surface area contributed by atoms with Gasteiger partial charge in [0.25, 0.3) is 5.91 Å². The van der Waals surface area contributed by atoms with Crippen LogP contribution in [0.3, 0.4) is 0 Å². The maximum Gasteiger partial charge on any atom is 0.275 e. The molecule has 1 atom stereocenters. The van der Waals surface area contributed by atoms with Crippen LogP contribution in [-0.4, -0.2) is 23.4 Å². The van der Waals surface area contributed by atoms with Crippen molar-refractivity contribution >= 4 is 17.2 Å². The van der Waals surface area contributed by atoms with Crippen molar-refractivity contribution in [1.29, 1.82) is 0 Å². The molecule has 2 heterocycles. The van der Waals surface area contributed by atoms with Crippen LogP contribution < -0.4 is 11.3 Å². The fourth-order valence-electron chi connectivity index (χ4n) is 3.87. The fraction of sp³-hybridized carbons (Fsp3) is 0.667. The van der Waals surface area contributed by atoms with Gasteiger partial charge in [0.1, 0.15) is 0 Å². The molecule has 2 fully saturated rings. The largest absolute Gasteiger partial charge is 0.296 e. The van der Waals surface area contributed by atoms with E-state index in [0.717, 1.165) is 28.9 Å². The van der Waals surface area contributed by atoms with E-state index >= 15 is 0 Å². The van der Waals surface area contributed by atoms with Crippen molar-refractivity contribution < 1.29 is 4.79 Å². The number of likely N-dealkylation sites (tertiary alicyclic amines) is 1. The first kappa shape index (κ1) is 14.0. The predicted molar refractivity (Wildman–Crippen MR) is 81.4 cm³/mol. The number of rotatable bonds is 4. The van der Waals surface area contributed by atoms with Gasteiger partial charge in [-0.1, -0.05) is 12.8 Å². The Hall–Kier alpha value is -0.910. The maximum absolute atomic E-state index is 11.8. The Morgan fingerprint density at radius 3 is 2.90 bits per heavy atom. The smallest absolute Gasteiger partial charge is 0.275 e. The van der Waals surface area contributed by atoms with E-state index in [1.165, 1.54) is 56.4 Å². The zero-order valence-electron chi connectivity index (χ0n) is 11.8. The molecule has 1 saturated carbocycles. The lowest BCUT2D eigenvalue weighted by molar-refractivity contribution is 0.0955. The number of nitrogens with zero attached hydrogens (tertiary/aromatic N) is 1. The number of carbonyl (C=O) groups excluding carboxylic acids is 1. The van der Waals surface area contributed by atoms with Gasteiger partial charge in [0.15, 0.2) is 0 Å². The molecule has 5 heteroatoms. The van der Waals surface area contributed by atoms with Gasteiger partial charge >= 0.3 is 0 Å². The van der Waals surface area contributed by atoms with E-state index < -0.39 is 0 Å². The molecule has 1 unspecified atom stereocenters. The minimum absolute atomic E-state index is 0.161. The third-order valence-corrected chi connectivity index (χ3v) is 5.77. The summed E-state index contributed by atoms with van der Waals surface area (Å²) >= 11 is 1.48. The maximum atomic E-state index is 11.8. The number of nitrogens with one attached hydrogen (secondary N) is 1. The highest BCUT2D eigenvalue weighted by atomic mass is 32.1. The van der Waals surface area contributed by atoms with Crippen LogP contribution in [0.1, 0.15) is 53.8 Å². The first-order valence-electron chi connectivity index (χ1n) is 7.61. The summed E-state index contributed by atoms with van der Waals surface area (Å²) in [7, 11) is 0. The van der Waals surface area contributed by atoms with E-state index in [1.807, 2.05) is 5.38 Å². The summed E-state index contributed by atoms with van der Waals surface area (Å²) in [4.78, 5) is 15.1. The van der Waals surface area contributed by atoms with Crippen LogP contribution in [0.2, 0.25) is 0 Å². The van der Waals surface area contributed by atoms with Gasteiger partial charge in [-0.3, -0.25) is 15.1 Å². The van der Waals surface area contributed by atoms with E-state index in [-0.39, 0.29) is 5.91 Å². The normalized spacial score (nSPS) is 24.4. The van der Waals surface area contributed by atoms with Crippen LogP contribution in [-0.2, 0) is 6.54 Å². The second-order valence-electron chi connectivity index (χ2n) is 5.97. The summed E-state index contributed by atoms with van der Waals surface area (Å²) in [6.07, 6.45) is 8.20. The molecule has 3 N–H and O–H groups in total. The second kappa shape index (κ2) is 6.24. The van der Waals surface area contributed by atoms with Crippen molar-refractivity contribution in [3.8, 4) is 0 Å². The highest BCUT2D eigenvalue weighted by Gasteiger charge is 2.33. The molecule has 0 spiro atoms. The summed E-state index contributed by atoms with van der Waals surface area (Å²) in [6, 6.07) is 2.80. The Morgan fingerprint density at radius 2 is 2.15 bits per heavy atom. The average molecular weight is 293 g/mol. The van der Waals surface area contributed by atoms with Crippen LogP contribution in [0, 0.1) is 5.92 Å². The van der Waals surface area contributed by atoms with Crippen molar-refractivity contribution in [3.05, 3.63) is 21.9 Å². The number of amides is 1. The van der Waals surface area contributed by atoms with Gasteiger partial charge in [0.05, 0.1) is 4.88 Å². The third-order valence-electron chi connectivity index (χ3n) is 4.82. The van der Waals surface area contributed by atoms with E-state index in [4.69, 9.17) is 5.84 Å². The van der Waals surface area contributed by atoms with Crippen molar-refractivity contribution in [3.63, 3.8) is 0 Å². The first-order chi connectivity index (χ1) is 9.79. The molecular weight excluding hydrogens is 270 g/mol. The SMILES string of the molecule is NNC(=O)c1sccc1CN1CCCC1C1CCCC1. The number of thiophene rings is 1. The summed E-state index contributed by atoms with van der Waals surface area (Å²) in [5.41, 5.74) is 3.38. The van der Waals surface area contributed by atoms with Crippen molar-refractivity contribution in [1.82, 2.24) is 10.3 Å². The van der Waals surface area contributed by atoms with Crippen molar-refractivity contribution in [2.45, 2.75) is 51.1 Å². The number of hydrazine groups is 1. The molecular formula is C15H23N3OS. The molecule has 1 aliphatic heterocycles. The van der Waals surface area contributed by atoms with E-state index in [0.29, 0.717) is 0 Å². The van der Waals surface area contributed by atoms with E-state index in [9.17, 15) is 4.79 Å². The lowest BCUT2D eigenvalue weighted by Gasteiger charge is -2.29. The van der Waals surface area contributed by atoms with Gasteiger partial charge in [0, 0.05) is 12.6 Å². The molecule has 1 saturated heterocycles. The highest BCUT2D eigenvalue weighted by molar-refractivity contribution is 7.12. The molecule has 0 bridgehead atoms. The summed E-state index contributed by atoms with van der Waals surface area (Å²) in [6.45, 7) is 2.06. The van der Waals surface area contributed by atoms with Crippen LogP contribution in [0.25, 0.3) is 0 Å². The predicted octanol–water partition coefficient (Wildman–Crippen LogP) is 2.51.